The summed E-state index contributed by atoms with van der Waals surface area (Å²) < 4.78 is 51.2. The minimum Gasteiger partial charge on any atom is -0.357 e. The molecule has 4 nitrogen and oxygen atoms in total. The fourth-order valence-electron chi connectivity index (χ4n) is 2.39. The SMILES string of the molecule is CCNC(=NCc1ccc(F)cc1CSC)NCCc1nc(C(F)(F)F)cs1. The maximum atomic E-state index is 13.4. The lowest BCUT2D eigenvalue weighted by molar-refractivity contribution is -0.140. The second-order valence-corrected chi connectivity index (χ2v) is 7.65. The number of thioether (sulfide) groups is 1. The lowest BCUT2D eigenvalue weighted by atomic mass is 10.1. The van der Waals surface area contributed by atoms with Crippen molar-refractivity contribution in [3.63, 3.8) is 0 Å². The van der Waals surface area contributed by atoms with E-state index < -0.39 is 11.9 Å². The summed E-state index contributed by atoms with van der Waals surface area (Å²) in [5.74, 6) is 0.969. The van der Waals surface area contributed by atoms with Crippen molar-refractivity contribution >= 4 is 29.1 Å². The van der Waals surface area contributed by atoms with E-state index in [9.17, 15) is 17.6 Å². The van der Waals surface area contributed by atoms with Crippen molar-refractivity contribution in [2.45, 2.75) is 31.8 Å². The van der Waals surface area contributed by atoms with E-state index in [1.807, 2.05) is 13.2 Å². The highest BCUT2D eigenvalue weighted by Crippen LogP contribution is 2.30. The average Bonchev–Trinajstić information content (AvgIpc) is 3.10. The molecule has 2 rings (SSSR count). The summed E-state index contributed by atoms with van der Waals surface area (Å²) in [7, 11) is 0. The number of aromatic nitrogens is 1. The Morgan fingerprint density at radius 3 is 2.68 bits per heavy atom. The molecule has 0 atom stereocenters. The van der Waals surface area contributed by atoms with Gasteiger partial charge in [-0.05, 0) is 36.4 Å². The highest BCUT2D eigenvalue weighted by Gasteiger charge is 2.33. The Bertz CT molecular complexity index is 790. The topological polar surface area (TPSA) is 49.3 Å². The minimum atomic E-state index is -4.41. The summed E-state index contributed by atoms with van der Waals surface area (Å²) in [5.41, 5.74) is 0.975. The van der Waals surface area contributed by atoms with Crippen molar-refractivity contribution in [3.05, 3.63) is 51.2 Å². The van der Waals surface area contributed by atoms with Crippen molar-refractivity contribution in [2.75, 3.05) is 19.3 Å². The zero-order valence-electron chi connectivity index (χ0n) is 15.6. The van der Waals surface area contributed by atoms with E-state index in [1.54, 1.807) is 17.8 Å². The Labute approximate surface area is 169 Å². The minimum absolute atomic E-state index is 0.275. The number of nitrogens with one attached hydrogen (secondary N) is 2. The van der Waals surface area contributed by atoms with E-state index in [4.69, 9.17) is 0 Å². The molecule has 0 unspecified atom stereocenters. The second-order valence-electron chi connectivity index (χ2n) is 5.84. The molecule has 1 heterocycles. The van der Waals surface area contributed by atoms with E-state index in [1.165, 1.54) is 12.1 Å². The molecule has 1 aromatic heterocycles. The molecule has 0 aliphatic heterocycles. The molecule has 0 aliphatic rings. The number of benzene rings is 1. The molecular weight excluding hydrogens is 412 g/mol. The molecule has 0 spiro atoms. The van der Waals surface area contributed by atoms with Crippen LogP contribution in [0.3, 0.4) is 0 Å². The molecule has 28 heavy (non-hydrogen) atoms. The van der Waals surface area contributed by atoms with Crippen LogP contribution in [0.1, 0.15) is 28.8 Å². The van der Waals surface area contributed by atoms with Crippen LogP contribution in [0.5, 0.6) is 0 Å². The van der Waals surface area contributed by atoms with E-state index in [0.717, 1.165) is 27.8 Å². The Morgan fingerprint density at radius 2 is 2.04 bits per heavy atom. The first-order valence-electron chi connectivity index (χ1n) is 8.63. The third-order valence-corrected chi connectivity index (χ3v) is 5.20. The van der Waals surface area contributed by atoms with Crippen LogP contribution in [0, 0.1) is 5.82 Å². The van der Waals surface area contributed by atoms with Crippen molar-refractivity contribution in [3.8, 4) is 0 Å². The average molecular weight is 435 g/mol. The number of hydrogen-bond acceptors (Lipinski definition) is 4. The predicted molar refractivity (Wildman–Crippen MR) is 107 cm³/mol. The third kappa shape index (κ3) is 6.97. The molecule has 0 bridgehead atoms. The van der Waals surface area contributed by atoms with Gasteiger partial charge in [-0.15, -0.1) is 11.3 Å². The van der Waals surface area contributed by atoms with Gasteiger partial charge in [0, 0.05) is 30.6 Å². The Balaban J connectivity index is 1.96. The standard InChI is InChI=1S/C18H22F4N4S2/c1-3-23-17(24-7-6-16-26-15(11-28-16)18(20,21)22)25-9-12-4-5-14(19)8-13(12)10-27-2/h4-5,8,11H,3,6-7,9-10H2,1-2H3,(H2,23,24,25). The lowest BCUT2D eigenvalue weighted by Gasteiger charge is -2.12. The predicted octanol–water partition coefficient (Wildman–Crippen LogP) is 4.46. The molecule has 154 valence electrons. The first-order chi connectivity index (χ1) is 13.3. The molecule has 0 aliphatic carbocycles. The largest absolute Gasteiger partial charge is 0.434 e. The zero-order valence-corrected chi connectivity index (χ0v) is 17.2. The number of halogens is 4. The maximum absolute atomic E-state index is 13.4. The fourth-order valence-corrected chi connectivity index (χ4v) is 3.77. The number of guanidine groups is 1. The van der Waals surface area contributed by atoms with Crippen LogP contribution in [-0.2, 0) is 24.9 Å². The first kappa shape index (κ1) is 22.5. The molecule has 0 fully saturated rings. The first-order valence-corrected chi connectivity index (χ1v) is 10.9. The van der Waals surface area contributed by atoms with Gasteiger partial charge in [0.05, 0.1) is 11.6 Å². The molecule has 2 N–H and O–H groups in total. The Hall–Kier alpha value is -1.81. The van der Waals surface area contributed by atoms with Gasteiger partial charge >= 0.3 is 6.18 Å². The third-order valence-electron chi connectivity index (χ3n) is 3.69. The van der Waals surface area contributed by atoms with Crippen molar-refractivity contribution in [1.29, 1.82) is 0 Å². The maximum Gasteiger partial charge on any atom is 0.434 e. The van der Waals surface area contributed by atoms with Gasteiger partial charge in [-0.25, -0.2) is 14.4 Å². The highest BCUT2D eigenvalue weighted by molar-refractivity contribution is 7.97. The summed E-state index contributed by atoms with van der Waals surface area (Å²) >= 11 is 2.60. The van der Waals surface area contributed by atoms with Crippen LogP contribution in [0.15, 0.2) is 28.6 Å². The Kier molecular flexibility index (Phi) is 8.56. The van der Waals surface area contributed by atoms with Gasteiger partial charge in [0.1, 0.15) is 5.82 Å². The number of rotatable bonds is 8. The van der Waals surface area contributed by atoms with Crippen LogP contribution in [0.4, 0.5) is 17.6 Å². The molecule has 0 radical (unpaired) electrons. The number of nitrogens with zero attached hydrogens (tertiary/aromatic N) is 2. The van der Waals surface area contributed by atoms with Crippen LogP contribution in [0.2, 0.25) is 0 Å². The number of alkyl halides is 3. The van der Waals surface area contributed by atoms with Crippen LogP contribution >= 0.6 is 23.1 Å². The normalized spacial score (nSPS) is 12.3. The van der Waals surface area contributed by atoms with Gasteiger partial charge in [-0.3, -0.25) is 0 Å². The lowest BCUT2D eigenvalue weighted by Crippen LogP contribution is -2.38. The van der Waals surface area contributed by atoms with E-state index in [-0.39, 0.29) is 5.82 Å². The zero-order chi connectivity index (χ0) is 20.6. The van der Waals surface area contributed by atoms with Crippen molar-refractivity contribution in [1.82, 2.24) is 15.6 Å². The summed E-state index contributed by atoms with van der Waals surface area (Å²) in [6, 6.07) is 4.65. The number of thiazole rings is 1. The van der Waals surface area contributed by atoms with Crippen molar-refractivity contribution < 1.29 is 17.6 Å². The molecule has 2 aromatic rings. The quantitative estimate of drug-likeness (QED) is 0.366. The highest BCUT2D eigenvalue weighted by atomic mass is 32.2. The molecule has 1 aromatic carbocycles. The summed E-state index contributed by atoms with van der Waals surface area (Å²) in [4.78, 5) is 8.11. The van der Waals surface area contributed by atoms with Crippen molar-refractivity contribution in [2.24, 2.45) is 4.99 Å². The smallest absolute Gasteiger partial charge is 0.357 e. The second kappa shape index (κ2) is 10.7. The molecule has 10 heteroatoms. The van der Waals surface area contributed by atoms with Gasteiger partial charge in [0.25, 0.3) is 0 Å². The van der Waals surface area contributed by atoms with E-state index in [2.05, 4.69) is 20.6 Å². The summed E-state index contributed by atoms with van der Waals surface area (Å²) in [6.07, 6.45) is -2.10. The fraction of sp³-hybridized carbons (Fsp3) is 0.444. The monoisotopic (exact) mass is 434 g/mol. The Morgan fingerprint density at radius 1 is 1.25 bits per heavy atom. The molecule has 0 saturated heterocycles. The van der Waals surface area contributed by atoms with E-state index in [0.29, 0.717) is 42.8 Å². The molecule has 0 amide bonds. The van der Waals surface area contributed by atoms with E-state index >= 15 is 0 Å². The molecule has 0 saturated carbocycles. The van der Waals surface area contributed by atoms with Gasteiger partial charge in [0.15, 0.2) is 11.7 Å². The summed E-state index contributed by atoms with van der Waals surface area (Å²) in [6.45, 7) is 3.34. The molecular formula is C18H22F4N4S2. The summed E-state index contributed by atoms with van der Waals surface area (Å²) in [5, 5.41) is 7.63. The van der Waals surface area contributed by atoms with Crippen LogP contribution < -0.4 is 10.6 Å². The van der Waals surface area contributed by atoms with Gasteiger partial charge in [0.2, 0.25) is 0 Å². The number of hydrogen-bond donors (Lipinski definition) is 2. The van der Waals surface area contributed by atoms with Gasteiger partial charge < -0.3 is 10.6 Å². The van der Waals surface area contributed by atoms with Gasteiger partial charge in [-0.1, -0.05) is 6.07 Å². The van der Waals surface area contributed by atoms with Crippen LogP contribution in [-0.4, -0.2) is 30.3 Å². The number of aliphatic imine (C=N–C) groups is 1. The van der Waals surface area contributed by atoms with Crippen LogP contribution in [0.25, 0.3) is 0 Å². The van der Waals surface area contributed by atoms with Gasteiger partial charge in [-0.2, -0.15) is 24.9 Å².